The molecular weight excluding hydrogens is 262 g/mol. The van der Waals surface area contributed by atoms with Crippen LogP contribution >= 0.6 is 0 Å². The van der Waals surface area contributed by atoms with E-state index in [-0.39, 0.29) is 12.4 Å². The Morgan fingerprint density at radius 2 is 2.30 bits per heavy atom. The van der Waals surface area contributed by atoms with E-state index in [0.717, 1.165) is 12.8 Å². The van der Waals surface area contributed by atoms with E-state index in [9.17, 15) is 4.79 Å². The van der Waals surface area contributed by atoms with Crippen LogP contribution in [0.3, 0.4) is 0 Å². The number of carbonyl (C=O) groups excluding carboxylic acids is 1. The van der Waals surface area contributed by atoms with Crippen molar-refractivity contribution in [2.24, 2.45) is 5.92 Å². The Balaban J connectivity index is 1.96. The molecule has 0 saturated carbocycles. The van der Waals surface area contributed by atoms with Crippen LogP contribution in [0.4, 0.5) is 0 Å². The number of aryl methyl sites for hydroxylation is 1. The zero-order valence-electron chi connectivity index (χ0n) is 11.7. The lowest BCUT2D eigenvalue weighted by Gasteiger charge is -1.98. The standard InChI is InChI=1S/C12H17N5O3/c1-8(2)4-5-9-14-10(20-16-9)6-17-7-13-11(15-17)12(18)19-3/h7-8H,4-6H2,1-3H3. The predicted octanol–water partition coefficient (Wildman–Crippen LogP) is 1.08. The van der Waals surface area contributed by atoms with Gasteiger partial charge in [0.25, 0.3) is 5.82 Å². The number of hydrogen-bond donors (Lipinski definition) is 0. The molecule has 0 amide bonds. The molecule has 0 aliphatic heterocycles. The first-order chi connectivity index (χ1) is 9.58. The third-order valence-electron chi connectivity index (χ3n) is 2.66. The van der Waals surface area contributed by atoms with Crippen LogP contribution in [0.2, 0.25) is 0 Å². The molecule has 108 valence electrons. The Morgan fingerprint density at radius 1 is 1.50 bits per heavy atom. The molecule has 20 heavy (non-hydrogen) atoms. The molecule has 0 spiro atoms. The molecule has 8 nitrogen and oxygen atoms in total. The highest BCUT2D eigenvalue weighted by atomic mass is 16.5. The second-order valence-corrected chi connectivity index (χ2v) is 4.79. The minimum Gasteiger partial charge on any atom is -0.463 e. The molecule has 8 heteroatoms. The third kappa shape index (κ3) is 3.62. The fourth-order valence-electron chi connectivity index (χ4n) is 1.57. The molecule has 0 bridgehead atoms. The first-order valence-electron chi connectivity index (χ1n) is 6.37. The number of ether oxygens (including phenoxy) is 1. The number of methoxy groups -OCH3 is 1. The second kappa shape index (κ2) is 6.27. The molecule has 2 aromatic heterocycles. The fraction of sp³-hybridized carbons (Fsp3) is 0.583. The van der Waals surface area contributed by atoms with Crippen molar-refractivity contribution in [2.45, 2.75) is 33.2 Å². The maximum atomic E-state index is 11.2. The summed E-state index contributed by atoms with van der Waals surface area (Å²) >= 11 is 0. The van der Waals surface area contributed by atoms with Gasteiger partial charge in [-0.3, -0.25) is 0 Å². The molecule has 0 aliphatic rings. The zero-order chi connectivity index (χ0) is 14.5. The van der Waals surface area contributed by atoms with Crippen molar-refractivity contribution in [1.82, 2.24) is 24.9 Å². The average Bonchev–Trinajstić information content (AvgIpc) is 3.05. The third-order valence-corrected chi connectivity index (χ3v) is 2.66. The highest BCUT2D eigenvalue weighted by Crippen LogP contribution is 2.07. The maximum absolute atomic E-state index is 11.2. The normalized spacial score (nSPS) is 11.0. The summed E-state index contributed by atoms with van der Waals surface area (Å²) in [7, 11) is 1.28. The number of esters is 1. The van der Waals surface area contributed by atoms with Gasteiger partial charge in [0.2, 0.25) is 5.89 Å². The van der Waals surface area contributed by atoms with Gasteiger partial charge < -0.3 is 9.26 Å². The Labute approximate surface area is 116 Å². The molecule has 0 radical (unpaired) electrons. The minimum atomic E-state index is -0.577. The van der Waals surface area contributed by atoms with Crippen molar-refractivity contribution >= 4 is 5.97 Å². The van der Waals surface area contributed by atoms with E-state index in [0.29, 0.717) is 17.6 Å². The van der Waals surface area contributed by atoms with Crippen molar-refractivity contribution in [3.05, 3.63) is 23.9 Å². The number of carbonyl (C=O) groups is 1. The van der Waals surface area contributed by atoms with Gasteiger partial charge in [-0.1, -0.05) is 19.0 Å². The van der Waals surface area contributed by atoms with Gasteiger partial charge in [-0.2, -0.15) is 4.98 Å². The van der Waals surface area contributed by atoms with Crippen LogP contribution in [-0.2, 0) is 17.7 Å². The summed E-state index contributed by atoms with van der Waals surface area (Å²) in [5.41, 5.74) is 0. The van der Waals surface area contributed by atoms with Gasteiger partial charge in [-0.05, 0) is 12.3 Å². The summed E-state index contributed by atoms with van der Waals surface area (Å²) in [5.74, 6) is 1.14. The summed E-state index contributed by atoms with van der Waals surface area (Å²) in [5, 5.41) is 7.87. The van der Waals surface area contributed by atoms with Crippen LogP contribution in [0, 0.1) is 5.92 Å². The number of nitrogens with zero attached hydrogens (tertiary/aromatic N) is 5. The number of rotatable bonds is 6. The van der Waals surface area contributed by atoms with Crippen molar-refractivity contribution in [3.63, 3.8) is 0 Å². The first kappa shape index (κ1) is 14.2. The second-order valence-electron chi connectivity index (χ2n) is 4.79. The van der Waals surface area contributed by atoms with Gasteiger partial charge in [0.1, 0.15) is 12.9 Å². The molecule has 2 heterocycles. The zero-order valence-corrected chi connectivity index (χ0v) is 11.7. The van der Waals surface area contributed by atoms with Gasteiger partial charge in [-0.25, -0.2) is 14.5 Å². The molecule has 0 saturated heterocycles. The molecule has 0 atom stereocenters. The van der Waals surface area contributed by atoms with Crippen molar-refractivity contribution in [3.8, 4) is 0 Å². The van der Waals surface area contributed by atoms with Crippen molar-refractivity contribution in [1.29, 1.82) is 0 Å². The highest BCUT2D eigenvalue weighted by molar-refractivity contribution is 5.84. The predicted molar refractivity (Wildman–Crippen MR) is 67.9 cm³/mol. The lowest BCUT2D eigenvalue weighted by molar-refractivity contribution is 0.0586. The fourth-order valence-corrected chi connectivity index (χ4v) is 1.57. The lowest BCUT2D eigenvalue weighted by atomic mass is 10.1. The largest absolute Gasteiger partial charge is 0.463 e. The summed E-state index contributed by atoms with van der Waals surface area (Å²) < 4.78 is 11.1. The van der Waals surface area contributed by atoms with Crippen LogP contribution in [0.1, 0.15) is 42.6 Å². The SMILES string of the molecule is COC(=O)c1ncn(Cc2nc(CCC(C)C)no2)n1. The maximum Gasteiger partial charge on any atom is 0.377 e. The smallest absolute Gasteiger partial charge is 0.377 e. The summed E-state index contributed by atoms with van der Waals surface area (Å²) in [6.07, 6.45) is 3.21. The Bertz CT molecular complexity index is 575. The molecule has 2 rings (SSSR count). The molecule has 2 aromatic rings. The first-order valence-corrected chi connectivity index (χ1v) is 6.37. The molecule has 0 N–H and O–H groups in total. The molecule has 0 aromatic carbocycles. The summed E-state index contributed by atoms with van der Waals surface area (Å²) in [6.45, 7) is 4.56. The van der Waals surface area contributed by atoms with E-state index in [1.807, 2.05) is 0 Å². The number of aromatic nitrogens is 5. The molecular formula is C12H17N5O3. The Kier molecular flexibility index (Phi) is 4.44. The lowest BCUT2D eigenvalue weighted by Crippen LogP contribution is -2.06. The van der Waals surface area contributed by atoms with E-state index >= 15 is 0 Å². The Hall–Kier alpha value is -2.25. The topological polar surface area (TPSA) is 95.9 Å². The summed E-state index contributed by atoms with van der Waals surface area (Å²) in [6, 6.07) is 0. The summed E-state index contributed by atoms with van der Waals surface area (Å²) in [4.78, 5) is 19.3. The van der Waals surface area contributed by atoms with Gasteiger partial charge in [0.15, 0.2) is 5.82 Å². The quantitative estimate of drug-likeness (QED) is 0.730. The van der Waals surface area contributed by atoms with Gasteiger partial charge in [-0.15, -0.1) is 5.10 Å². The van der Waals surface area contributed by atoms with Crippen LogP contribution in [0.15, 0.2) is 10.9 Å². The molecule has 0 fully saturated rings. The van der Waals surface area contributed by atoms with E-state index in [4.69, 9.17) is 4.52 Å². The van der Waals surface area contributed by atoms with Gasteiger partial charge in [0, 0.05) is 6.42 Å². The van der Waals surface area contributed by atoms with Crippen LogP contribution in [0.5, 0.6) is 0 Å². The van der Waals surface area contributed by atoms with Crippen LogP contribution < -0.4 is 0 Å². The van der Waals surface area contributed by atoms with Crippen LogP contribution in [-0.4, -0.2) is 38.0 Å². The molecule has 0 unspecified atom stereocenters. The van der Waals surface area contributed by atoms with Crippen molar-refractivity contribution < 1.29 is 14.1 Å². The average molecular weight is 279 g/mol. The van der Waals surface area contributed by atoms with E-state index in [1.165, 1.54) is 18.1 Å². The monoisotopic (exact) mass is 279 g/mol. The highest BCUT2D eigenvalue weighted by Gasteiger charge is 2.13. The van der Waals surface area contributed by atoms with Crippen LogP contribution in [0.25, 0.3) is 0 Å². The Morgan fingerprint density at radius 3 is 3.00 bits per heavy atom. The van der Waals surface area contributed by atoms with E-state index in [1.54, 1.807) is 0 Å². The van der Waals surface area contributed by atoms with E-state index < -0.39 is 5.97 Å². The minimum absolute atomic E-state index is 0.00652. The van der Waals surface area contributed by atoms with E-state index in [2.05, 4.69) is 38.8 Å². The van der Waals surface area contributed by atoms with Gasteiger partial charge >= 0.3 is 5.97 Å². The van der Waals surface area contributed by atoms with Crippen molar-refractivity contribution in [2.75, 3.05) is 7.11 Å². The molecule has 0 aliphatic carbocycles. The number of hydrogen-bond acceptors (Lipinski definition) is 7. The van der Waals surface area contributed by atoms with Gasteiger partial charge in [0.05, 0.1) is 7.11 Å².